The van der Waals surface area contributed by atoms with Crippen molar-refractivity contribution in [2.45, 2.75) is 26.2 Å². The molecule has 7 nitrogen and oxygen atoms in total. The topological polar surface area (TPSA) is 128 Å². The van der Waals surface area contributed by atoms with Gasteiger partial charge in [0.15, 0.2) is 0 Å². The first-order valence-electron chi connectivity index (χ1n) is 8.51. The van der Waals surface area contributed by atoms with Gasteiger partial charge in [0.05, 0.1) is 22.5 Å². The molecule has 0 atom stereocenters. The molecule has 0 saturated heterocycles. The normalized spacial score (nSPS) is 11.0. The molecule has 134 valence electrons. The second kappa shape index (κ2) is 7.45. The van der Waals surface area contributed by atoms with E-state index in [1.807, 2.05) is 12.1 Å². The number of nitrogen functional groups attached to an aromatic ring is 1. The van der Waals surface area contributed by atoms with Crippen molar-refractivity contribution in [3.05, 3.63) is 47.2 Å². The lowest BCUT2D eigenvalue weighted by atomic mass is 9.96. The third kappa shape index (κ3) is 3.34. The molecule has 1 amide bonds. The molecule has 0 radical (unpaired) electrons. The number of aryl methyl sites for hydroxylation is 1. The molecule has 0 saturated carbocycles. The molecule has 26 heavy (non-hydrogen) atoms. The van der Waals surface area contributed by atoms with Crippen LogP contribution in [0.25, 0.3) is 22.3 Å². The molecule has 0 unspecified atom stereocenters. The highest BCUT2D eigenvalue weighted by Gasteiger charge is 2.17. The van der Waals surface area contributed by atoms with Gasteiger partial charge in [0.25, 0.3) is 0 Å². The number of carbonyl (C=O) groups excluding carboxylic acids is 1. The lowest BCUT2D eigenvalue weighted by Gasteiger charge is -2.12. The summed E-state index contributed by atoms with van der Waals surface area (Å²) in [5, 5.41) is 9.25. The van der Waals surface area contributed by atoms with Crippen molar-refractivity contribution in [2.24, 2.45) is 5.73 Å². The number of benzene rings is 1. The molecular formula is C19H21N5O2. The lowest BCUT2D eigenvalue weighted by Crippen LogP contribution is -2.16. The highest BCUT2D eigenvalue weighted by atomic mass is 16.3. The van der Waals surface area contributed by atoms with Crippen molar-refractivity contribution < 1.29 is 9.90 Å². The Hall–Kier alpha value is -3.06. The summed E-state index contributed by atoms with van der Waals surface area (Å²) >= 11 is 0. The summed E-state index contributed by atoms with van der Waals surface area (Å²) in [5.74, 6) is -0.327. The molecule has 3 aromatic rings. The number of amides is 1. The molecule has 2 heterocycles. The second-order valence-electron chi connectivity index (χ2n) is 6.02. The van der Waals surface area contributed by atoms with E-state index in [4.69, 9.17) is 16.5 Å². The van der Waals surface area contributed by atoms with E-state index in [1.54, 1.807) is 18.2 Å². The van der Waals surface area contributed by atoms with Crippen molar-refractivity contribution in [3.8, 4) is 11.3 Å². The van der Waals surface area contributed by atoms with Crippen LogP contribution in [0.15, 0.2) is 30.3 Å². The first-order chi connectivity index (χ1) is 12.5. The maximum Gasteiger partial charge on any atom is 0.249 e. The number of pyridine rings is 1. The van der Waals surface area contributed by atoms with Crippen LogP contribution in [-0.2, 0) is 12.8 Å². The zero-order chi connectivity index (χ0) is 18.7. The minimum absolute atomic E-state index is 0.0668. The number of nitrogens with zero attached hydrogens (tertiary/aromatic N) is 3. The van der Waals surface area contributed by atoms with Gasteiger partial charge in [0, 0.05) is 12.2 Å². The molecule has 0 aliphatic carbocycles. The van der Waals surface area contributed by atoms with E-state index in [9.17, 15) is 9.90 Å². The van der Waals surface area contributed by atoms with Crippen LogP contribution >= 0.6 is 0 Å². The SMILES string of the molecule is CCCc1nc(N)nc2ccc(-c3cccc(CCO)c3C(N)=O)nc12. The number of primary amides is 1. The van der Waals surface area contributed by atoms with E-state index in [1.165, 1.54) is 0 Å². The number of carbonyl (C=O) groups is 1. The predicted molar refractivity (Wildman–Crippen MR) is 100 cm³/mol. The van der Waals surface area contributed by atoms with Gasteiger partial charge in [0.1, 0.15) is 5.52 Å². The van der Waals surface area contributed by atoms with Crippen LogP contribution in [-0.4, -0.2) is 32.6 Å². The summed E-state index contributed by atoms with van der Waals surface area (Å²) < 4.78 is 0. The number of anilines is 1. The number of hydrogen-bond donors (Lipinski definition) is 3. The Labute approximate surface area is 151 Å². The third-order valence-electron chi connectivity index (χ3n) is 4.17. The summed E-state index contributed by atoms with van der Waals surface area (Å²) in [6.07, 6.45) is 1.98. The van der Waals surface area contributed by atoms with Crippen molar-refractivity contribution in [3.63, 3.8) is 0 Å². The van der Waals surface area contributed by atoms with Crippen molar-refractivity contribution in [2.75, 3.05) is 12.3 Å². The molecule has 7 heteroatoms. The molecule has 0 aliphatic heterocycles. The van der Waals surface area contributed by atoms with Gasteiger partial charge in [-0.05, 0) is 30.5 Å². The summed E-state index contributed by atoms with van der Waals surface area (Å²) in [6.45, 7) is 1.99. The van der Waals surface area contributed by atoms with E-state index >= 15 is 0 Å². The number of fused-ring (bicyclic) bond motifs is 1. The molecule has 0 aliphatic rings. The summed E-state index contributed by atoms with van der Waals surface area (Å²) in [7, 11) is 0. The van der Waals surface area contributed by atoms with E-state index in [-0.39, 0.29) is 12.6 Å². The van der Waals surface area contributed by atoms with Crippen LogP contribution in [0.1, 0.15) is 35.0 Å². The van der Waals surface area contributed by atoms with Gasteiger partial charge in [-0.25, -0.2) is 15.0 Å². The zero-order valence-corrected chi connectivity index (χ0v) is 14.6. The van der Waals surface area contributed by atoms with Crippen molar-refractivity contribution >= 4 is 22.9 Å². The monoisotopic (exact) mass is 351 g/mol. The van der Waals surface area contributed by atoms with Gasteiger partial charge in [-0.1, -0.05) is 31.5 Å². The second-order valence-corrected chi connectivity index (χ2v) is 6.02. The number of rotatable bonds is 6. The fourth-order valence-corrected chi connectivity index (χ4v) is 3.09. The van der Waals surface area contributed by atoms with Gasteiger partial charge in [-0.15, -0.1) is 0 Å². The van der Waals surface area contributed by atoms with Gasteiger partial charge in [0.2, 0.25) is 11.9 Å². The third-order valence-corrected chi connectivity index (χ3v) is 4.17. The standard InChI is InChI=1S/C19H21N5O2/c1-2-4-14-17-15(24-19(21)23-14)8-7-13(22-17)12-6-3-5-11(9-10-25)16(12)18(20)26/h3,5-8,25H,2,4,9-10H2,1H3,(H2,20,26)(H2,21,23,24). The molecule has 0 fully saturated rings. The van der Waals surface area contributed by atoms with Crippen LogP contribution in [0.3, 0.4) is 0 Å². The minimum Gasteiger partial charge on any atom is -0.396 e. The summed E-state index contributed by atoms with van der Waals surface area (Å²) in [6, 6.07) is 9.01. The summed E-state index contributed by atoms with van der Waals surface area (Å²) in [5.41, 5.74) is 15.8. The zero-order valence-electron chi connectivity index (χ0n) is 14.6. The van der Waals surface area contributed by atoms with E-state index in [2.05, 4.69) is 16.9 Å². The number of aliphatic hydroxyl groups is 1. The first kappa shape index (κ1) is 17.8. The largest absolute Gasteiger partial charge is 0.396 e. The molecule has 2 aromatic heterocycles. The van der Waals surface area contributed by atoms with Crippen LogP contribution in [0, 0.1) is 0 Å². The molecule has 3 rings (SSSR count). The average molecular weight is 351 g/mol. The van der Waals surface area contributed by atoms with E-state index in [0.29, 0.717) is 39.8 Å². The predicted octanol–water partition coefficient (Wildman–Crippen LogP) is 1.86. The van der Waals surface area contributed by atoms with E-state index in [0.717, 1.165) is 18.5 Å². The number of aliphatic hydroxyl groups excluding tert-OH is 1. The summed E-state index contributed by atoms with van der Waals surface area (Å²) in [4.78, 5) is 25.3. The fraction of sp³-hybridized carbons (Fsp3) is 0.263. The average Bonchev–Trinajstić information content (AvgIpc) is 2.61. The number of nitrogens with two attached hydrogens (primary N) is 2. The van der Waals surface area contributed by atoms with E-state index < -0.39 is 5.91 Å². The highest BCUT2D eigenvalue weighted by Crippen LogP contribution is 2.27. The highest BCUT2D eigenvalue weighted by molar-refractivity contribution is 6.01. The fourth-order valence-electron chi connectivity index (χ4n) is 3.09. The molecule has 0 spiro atoms. The smallest absolute Gasteiger partial charge is 0.249 e. The van der Waals surface area contributed by atoms with Crippen molar-refractivity contribution in [1.82, 2.24) is 15.0 Å². The molecular weight excluding hydrogens is 330 g/mol. The van der Waals surface area contributed by atoms with Gasteiger partial charge in [-0.3, -0.25) is 4.79 Å². The number of aromatic nitrogens is 3. The van der Waals surface area contributed by atoms with Gasteiger partial charge in [-0.2, -0.15) is 0 Å². The van der Waals surface area contributed by atoms with Crippen LogP contribution in [0.5, 0.6) is 0 Å². The Bertz CT molecular complexity index is 972. The Morgan fingerprint density at radius 1 is 1.12 bits per heavy atom. The van der Waals surface area contributed by atoms with Gasteiger partial charge >= 0.3 is 0 Å². The Balaban J connectivity index is 2.23. The maximum absolute atomic E-state index is 12.0. The first-order valence-corrected chi connectivity index (χ1v) is 8.51. The van der Waals surface area contributed by atoms with Gasteiger partial charge < -0.3 is 16.6 Å². The van der Waals surface area contributed by atoms with Crippen LogP contribution in [0.2, 0.25) is 0 Å². The molecule has 0 bridgehead atoms. The van der Waals surface area contributed by atoms with Crippen molar-refractivity contribution in [1.29, 1.82) is 0 Å². The lowest BCUT2D eigenvalue weighted by molar-refractivity contribution is 0.1000. The number of hydrogen-bond acceptors (Lipinski definition) is 6. The molecule has 1 aromatic carbocycles. The quantitative estimate of drug-likeness (QED) is 0.622. The van der Waals surface area contributed by atoms with Crippen LogP contribution in [0.4, 0.5) is 5.95 Å². The minimum atomic E-state index is -0.548. The molecule has 5 N–H and O–H groups in total. The Morgan fingerprint density at radius 3 is 2.62 bits per heavy atom. The Kier molecular flexibility index (Phi) is 5.09. The maximum atomic E-state index is 12.0. The van der Waals surface area contributed by atoms with Crippen LogP contribution < -0.4 is 11.5 Å². The Morgan fingerprint density at radius 2 is 1.92 bits per heavy atom.